The molecule has 2 aliphatic rings. The maximum atomic E-state index is 9.33. The molecule has 0 radical (unpaired) electrons. The predicted octanol–water partition coefficient (Wildman–Crippen LogP) is 6.12. The molecule has 1 aromatic rings. The van der Waals surface area contributed by atoms with Crippen LogP contribution in [0.1, 0.15) is 57.9 Å². The van der Waals surface area contributed by atoms with Gasteiger partial charge in [0, 0.05) is 31.6 Å². The summed E-state index contributed by atoms with van der Waals surface area (Å²) >= 11 is 0. The molecular formula is C27H42N2O3. The van der Waals surface area contributed by atoms with Crippen LogP contribution in [0, 0.1) is 5.92 Å². The second-order valence-electron chi connectivity index (χ2n) is 6.98. The van der Waals surface area contributed by atoms with Crippen LogP contribution in [0.4, 0.5) is 0 Å². The van der Waals surface area contributed by atoms with Crippen LogP contribution in [-0.4, -0.2) is 39.3 Å². The predicted molar refractivity (Wildman–Crippen MR) is 136 cm³/mol. The number of rotatable bonds is 7. The molecule has 1 fully saturated rings. The number of aldehydes is 1. The number of carbonyl (C=O) groups is 1. The number of para-hydroxylation sites is 1. The number of hydrogen-bond donors (Lipinski definition) is 1. The molecule has 5 nitrogen and oxygen atoms in total. The minimum absolute atomic E-state index is 0.472. The van der Waals surface area contributed by atoms with E-state index in [1.165, 1.54) is 37.8 Å². The molecule has 0 aromatic heterocycles. The van der Waals surface area contributed by atoms with Gasteiger partial charge in [-0.25, -0.2) is 4.99 Å². The van der Waals surface area contributed by atoms with Crippen molar-refractivity contribution in [3.8, 4) is 5.75 Å². The largest absolute Gasteiger partial charge is 0.462 e. The summed E-state index contributed by atoms with van der Waals surface area (Å²) in [6.07, 6.45) is 12.7. The van der Waals surface area contributed by atoms with E-state index in [2.05, 4.69) is 30.6 Å². The van der Waals surface area contributed by atoms with Crippen molar-refractivity contribution >= 4 is 12.0 Å². The smallest absolute Gasteiger partial charge is 0.135 e. The summed E-state index contributed by atoms with van der Waals surface area (Å²) < 4.78 is 10.4. The molecule has 5 heteroatoms. The summed E-state index contributed by atoms with van der Waals surface area (Å²) in [5.74, 6) is 1.46. The van der Waals surface area contributed by atoms with Gasteiger partial charge in [-0.2, -0.15) is 0 Å². The summed E-state index contributed by atoms with van der Waals surface area (Å²) in [5.41, 5.74) is 3.14. The van der Waals surface area contributed by atoms with Gasteiger partial charge in [0.2, 0.25) is 0 Å². The first kappa shape index (κ1) is 29.5. The highest BCUT2D eigenvalue weighted by atomic mass is 16.5. The molecule has 1 aromatic carbocycles. The molecule has 0 atom stereocenters. The number of allylic oxidation sites excluding steroid dienone is 2. The Morgan fingerprint density at radius 1 is 1.19 bits per heavy atom. The maximum Gasteiger partial charge on any atom is 0.135 e. The molecule has 0 spiro atoms. The van der Waals surface area contributed by atoms with Crippen molar-refractivity contribution < 1.29 is 14.3 Å². The zero-order valence-electron chi connectivity index (χ0n) is 20.4. The van der Waals surface area contributed by atoms with Gasteiger partial charge in [0.15, 0.2) is 0 Å². The molecule has 1 aliphatic heterocycles. The molecule has 0 unspecified atom stereocenters. The lowest BCUT2D eigenvalue weighted by Gasteiger charge is -2.23. The van der Waals surface area contributed by atoms with Crippen molar-refractivity contribution in [2.45, 2.75) is 52.4 Å². The first-order valence-corrected chi connectivity index (χ1v) is 11.6. The van der Waals surface area contributed by atoms with Crippen molar-refractivity contribution in [2.24, 2.45) is 10.9 Å². The first-order valence-electron chi connectivity index (χ1n) is 11.6. The van der Waals surface area contributed by atoms with Crippen LogP contribution in [0.25, 0.3) is 0 Å². The molecule has 1 heterocycles. The van der Waals surface area contributed by atoms with E-state index in [4.69, 9.17) is 14.5 Å². The highest BCUT2D eigenvalue weighted by molar-refractivity contribution is 6.05. The number of likely N-dealkylation sites (N-methyl/N-ethyl adjacent to an activating group) is 1. The Kier molecular flexibility index (Phi) is 18.8. The molecule has 178 valence electrons. The maximum absolute atomic E-state index is 9.33. The first-order chi connectivity index (χ1) is 15.7. The lowest BCUT2D eigenvalue weighted by atomic mass is 9.83. The van der Waals surface area contributed by atoms with Gasteiger partial charge in [-0.05, 0) is 38.1 Å². The number of hydrogen-bond acceptors (Lipinski definition) is 5. The third-order valence-corrected chi connectivity index (χ3v) is 4.74. The topological polar surface area (TPSA) is 59.9 Å². The fourth-order valence-electron chi connectivity index (χ4n) is 3.18. The zero-order valence-corrected chi connectivity index (χ0v) is 20.4. The van der Waals surface area contributed by atoms with Gasteiger partial charge in [0.25, 0.3) is 0 Å². The van der Waals surface area contributed by atoms with E-state index in [1.54, 1.807) is 25.5 Å². The number of methoxy groups -OCH3 is 1. The minimum atomic E-state index is 0.472. The SMILES string of the molecule is C=CC1=COc2ccccc2C(C2CCCCC2)=N1.C=CCC=O.CC.CNCCOC. The van der Waals surface area contributed by atoms with Gasteiger partial charge in [0.1, 0.15) is 18.3 Å². The van der Waals surface area contributed by atoms with Crippen LogP contribution in [-0.2, 0) is 9.53 Å². The van der Waals surface area contributed by atoms with Gasteiger partial charge in [0.05, 0.1) is 18.0 Å². The minimum Gasteiger partial charge on any atom is -0.462 e. The second-order valence-corrected chi connectivity index (χ2v) is 6.98. The summed E-state index contributed by atoms with van der Waals surface area (Å²) in [6.45, 7) is 12.9. The van der Waals surface area contributed by atoms with Crippen molar-refractivity contribution in [2.75, 3.05) is 27.3 Å². The third kappa shape index (κ3) is 11.8. The zero-order chi connectivity index (χ0) is 24.0. The summed E-state index contributed by atoms with van der Waals surface area (Å²) in [6, 6.07) is 8.18. The Balaban J connectivity index is 0.000000617. The van der Waals surface area contributed by atoms with E-state index in [9.17, 15) is 4.79 Å². The second kappa shape index (κ2) is 20.4. The van der Waals surface area contributed by atoms with Crippen LogP contribution in [0.5, 0.6) is 5.75 Å². The Bertz CT molecular complexity index is 695. The molecule has 32 heavy (non-hydrogen) atoms. The van der Waals surface area contributed by atoms with Crippen LogP contribution >= 0.6 is 0 Å². The lowest BCUT2D eigenvalue weighted by molar-refractivity contribution is -0.107. The molecular weight excluding hydrogens is 400 g/mol. The van der Waals surface area contributed by atoms with Crippen LogP contribution in [0.3, 0.4) is 0 Å². The number of nitrogens with one attached hydrogen (secondary N) is 1. The van der Waals surface area contributed by atoms with E-state index >= 15 is 0 Å². The molecule has 1 saturated carbocycles. The van der Waals surface area contributed by atoms with Crippen molar-refractivity contribution in [1.29, 1.82) is 0 Å². The van der Waals surface area contributed by atoms with Crippen LogP contribution < -0.4 is 10.1 Å². The molecule has 1 aliphatic carbocycles. The number of carbonyl (C=O) groups excluding carboxylic acids is 1. The lowest BCUT2D eigenvalue weighted by Crippen LogP contribution is -2.19. The third-order valence-electron chi connectivity index (χ3n) is 4.74. The van der Waals surface area contributed by atoms with E-state index in [1.807, 2.05) is 33.0 Å². The molecule has 0 amide bonds. The van der Waals surface area contributed by atoms with Gasteiger partial charge in [-0.15, -0.1) is 6.58 Å². The summed E-state index contributed by atoms with van der Waals surface area (Å²) in [4.78, 5) is 14.1. The van der Waals surface area contributed by atoms with Gasteiger partial charge < -0.3 is 19.6 Å². The average Bonchev–Trinajstić information content (AvgIpc) is 3.05. The standard InChI is InChI=1S/C17H19NO.C4H11NO.C4H6O.C2H6/c1-2-14-12-19-16-11-7-6-10-15(16)17(18-14)13-8-4-3-5-9-13;1-5-3-4-6-2;1-2-3-4-5;1-2/h2,6-7,10-13H,1,3-5,8-9H2;5H,3-4H2,1-2H3;2,4H,1,3H2;1-2H3. The van der Waals surface area contributed by atoms with E-state index in [0.29, 0.717) is 12.3 Å². The Morgan fingerprint density at radius 2 is 1.88 bits per heavy atom. The highest BCUT2D eigenvalue weighted by Gasteiger charge is 2.24. The van der Waals surface area contributed by atoms with Crippen molar-refractivity contribution in [1.82, 2.24) is 5.32 Å². The molecule has 0 bridgehead atoms. The quantitative estimate of drug-likeness (QED) is 0.314. The highest BCUT2D eigenvalue weighted by Crippen LogP contribution is 2.33. The number of fused-ring (bicyclic) bond motifs is 1. The van der Waals surface area contributed by atoms with E-state index in [-0.39, 0.29) is 0 Å². The summed E-state index contributed by atoms with van der Waals surface area (Å²) in [5, 5.41) is 2.94. The number of nitrogens with zero attached hydrogens (tertiary/aromatic N) is 1. The van der Waals surface area contributed by atoms with Crippen LogP contribution in [0.15, 0.2) is 66.5 Å². The fourth-order valence-corrected chi connectivity index (χ4v) is 3.18. The van der Waals surface area contributed by atoms with Gasteiger partial charge >= 0.3 is 0 Å². The Labute approximate surface area is 195 Å². The fraction of sp³-hybridized carbons (Fsp3) is 0.481. The van der Waals surface area contributed by atoms with Gasteiger partial charge in [-0.3, -0.25) is 0 Å². The summed E-state index contributed by atoms with van der Waals surface area (Å²) in [7, 11) is 3.59. The van der Waals surface area contributed by atoms with E-state index in [0.717, 1.165) is 36.4 Å². The Morgan fingerprint density at radius 3 is 2.38 bits per heavy atom. The average molecular weight is 443 g/mol. The van der Waals surface area contributed by atoms with Crippen molar-refractivity contribution in [3.05, 3.63) is 67.1 Å². The normalized spacial score (nSPS) is 14.5. The number of ether oxygens (including phenoxy) is 2. The number of benzene rings is 1. The molecule has 3 rings (SSSR count). The van der Waals surface area contributed by atoms with Crippen molar-refractivity contribution in [3.63, 3.8) is 0 Å². The monoisotopic (exact) mass is 442 g/mol. The Hall–Kier alpha value is -2.50. The molecule has 0 saturated heterocycles. The number of aliphatic imine (C=N–C) groups is 1. The van der Waals surface area contributed by atoms with E-state index < -0.39 is 0 Å². The molecule has 1 N–H and O–H groups in total. The van der Waals surface area contributed by atoms with Crippen LogP contribution in [0.2, 0.25) is 0 Å². The van der Waals surface area contributed by atoms with Gasteiger partial charge in [-0.1, -0.05) is 57.9 Å².